The van der Waals surface area contributed by atoms with E-state index in [9.17, 15) is 0 Å². The van der Waals surface area contributed by atoms with Crippen molar-refractivity contribution in [3.05, 3.63) is 0 Å². The number of hydrogen-bond acceptors (Lipinski definition) is 8. The second kappa shape index (κ2) is 17.6. The molecule has 0 saturated carbocycles. The molecule has 0 fully saturated rings. The van der Waals surface area contributed by atoms with Crippen molar-refractivity contribution in [1.82, 2.24) is 0 Å². The molecule has 0 aromatic carbocycles. The summed E-state index contributed by atoms with van der Waals surface area (Å²) in [6.07, 6.45) is 0. The zero-order chi connectivity index (χ0) is 9.00. The van der Waals surface area contributed by atoms with Crippen LogP contribution in [0.15, 0.2) is 0 Å². The van der Waals surface area contributed by atoms with Gasteiger partial charge in [0.2, 0.25) is 0 Å². The normalized spacial score (nSPS) is 8.43. The minimum absolute atomic E-state index is 0. The van der Waals surface area contributed by atoms with Gasteiger partial charge in [0, 0.05) is 0 Å². The van der Waals surface area contributed by atoms with Gasteiger partial charge in [0.15, 0.2) is 0 Å². The number of phosphoric acid groups is 2. The van der Waals surface area contributed by atoms with Gasteiger partial charge in [0.1, 0.15) is 0 Å². The molecule has 0 amide bonds. The van der Waals surface area contributed by atoms with Crippen LogP contribution < -0.4 is 29.4 Å². The van der Waals surface area contributed by atoms with Crippen LogP contribution in [0.25, 0.3) is 0 Å². The standard InChI is InChI=1S/2H3O4P.H2O.3Sr/c2*1-5(2,3)4;;;;/h2*(H3,1,2,3,4);1H2;;;/q;;;3*+2/p-6. The van der Waals surface area contributed by atoms with Crippen LogP contribution in [-0.4, -0.2) is 142 Å². The zero-order valence-electron chi connectivity index (χ0n) is 6.78. The maximum absolute atomic E-state index is 8.55. The Bertz CT molecular complexity index is 130. The maximum Gasteiger partial charge on any atom is 2.00 e. The summed E-state index contributed by atoms with van der Waals surface area (Å²) in [5.74, 6) is 0. The van der Waals surface area contributed by atoms with Gasteiger partial charge in [0.25, 0.3) is 0 Å². The van der Waals surface area contributed by atoms with Gasteiger partial charge in [-0.25, -0.2) is 0 Å². The summed E-state index contributed by atoms with van der Waals surface area (Å²) in [6, 6.07) is 0. The van der Waals surface area contributed by atoms with Gasteiger partial charge in [-0.1, -0.05) is 0 Å². The van der Waals surface area contributed by atoms with Gasteiger partial charge in [-0.15, -0.1) is 0 Å². The number of hydrogen-bond donors (Lipinski definition) is 0. The molecule has 9 nitrogen and oxygen atoms in total. The molecule has 2 N–H and O–H groups in total. The van der Waals surface area contributed by atoms with Gasteiger partial charge in [-0.05, 0) is 0 Å². The smallest absolute Gasteiger partial charge is 0.822 e. The van der Waals surface area contributed by atoms with E-state index in [-0.39, 0.29) is 142 Å². The minimum Gasteiger partial charge on any atom is -0.822 e. The minimum atomic E-state index is -5.39. The Morgan fingerprint density at radius 1 is 0.571 bits per heavy atom. The first-order valence-corrected chi connectivity index (χ1v) is 4.38. The Balaban J connectivity index is -0.0000000178. The monoisotopic (exact) mass is 472 g/mol. The molecule has 14 heavy (non-hydrogen) atoms. The summed E-state index contributed by atoms with van der Waals surface area (Å²) >= 11 is 0. The summed E-state index contributed by atoms with van der Waals surface area (Å²) in [6.45, 7) is 0. The molecular formula is H2O9P2Sr3. The van der Waals surface area contributed by atoms with Crippen molar-refractivity contribution in [3.63, 3.8) is 0 Å². The zero-order valence-corrected chi connectivity index (χ0v) is 19.0. The van der Waals surface area contributed by atoms with Crippen molar-refractivity contribution in [2.75, 3.05) is 0 Å². The van der Waals surface area contributed by atoms with E-state index in [0.29, 0.717) is 0 Å². The van der Waals surface area contributed by atoms with Crippen LogP contribution in [-0.2, 0) is 9.13 Å². The van der Waals surface area contributed by atoms with E-state index in [2.05, 4.69) is 0 Å². The van der Waals surface area contributed by atoms with Crippen LogP contribution in [0.4, 0.5) is 0 Å². The average molecular weight is 471 g/mol. The van der Waals surface area contributed by atoms with Gasteiger partial charge in [-0.3, -0.25) is 0 Å². The molecule has 0 rings (SSSR count). The third-order valence-corrected chi connectivity index (χ3v) is 0. The fourth-order valence-corrected chi connectivity index (χ4v) is 0. The van der Waals surface area contributed by atoms with E-state index in [1.54, 1.807) is 0 Å². The molecule has 0 spiro atoms. The first kappa shape index (κ1) is 36.3. The van der Waals surface area contributed by atoms with E-state index in [4.69, 9.17) is 38.5 Å². The van der Waals surface area contributed by atoms with Crippen LogP contribution in [0.5, 0.6) is 0 Å². The summed E-state index contributed by atoms with van der Waals surface area (Å²) in [5, 5.41) is 0. The predicted molar refractivity (Wildman–Crippen MR) is 36.1 cm³/mol. The molecule has 0 saturated heterocycles. The Kier molecular flexibility index (Phi) is 45.7. The van der Waals surface area contributed by atoms with Crippen LogP contribution >= 0.6 is 15.6 Å². The molecule has 14 heteroatoms. The molecule has 0 aliphatic rings. The second-order valence-electron chi connectivity index (χ2n) is 0.894. The maximum atomic E-state index is 8.55. The SMILES string of the molecule is O.O=P([O-])([O-])[O-].O=P([O-])([O-])[O-].[Sr+2].[Sr+2].[Sr+2]. The van der Waals surface area contributed by atoms with Crippen molar-refractivity contribution in [2.24, 2.45) is 0 Å². The Labute approximate surface area is 191 Å². The average Bonchev–Trinajstić information content (AvgIpc) is 1.12. The van der Waals surface area contributed by atoms with E-state index in [1.807, 2.05) is 0 Å². The van der Waals surface area contributed by atoms with E-state index in [0.717, 1.165) is 0 Å². The predicted octanol–water partition coefficient (Wildman–Crippen LogP) is -7.62. The van der Waals surface area contributed by atoms with Crippen LogP contribution in [0.2, 0.25) is 0 Å². The fraction of sp³-hybridized carbons (Fsp3) is 0. The van der Waals surface area contributed by atoms with Crippen molar-refractivity contribution < 1.29 is 44.0 Å². The van der Waals surface area contributed by atoms with Gasteiger partial charge in [0.05, 0.1) is 0 Å². The van der Waals surface area contributed by atoms with Crippen LogP contribution in [0.1, 0.15) is 0 Å². The number of rotatable bonds is 0. The van der Waals surface area contributed by atoms with E-state index >= 15 is 0 Å². The third kappa shape index (κ3) is 190. The Morgan fingerprint density at radius 3 is 0.571 bits per heavy atom. The van der Waals surface area contributed by atoms with E-state index in [1.165, 1.54) is 0 Å². The van der Waals surface area contributed by atoms with Crippen LogP contribution in [0, 0.1) is 0 Å². The van der Waals surface area contributed by atoms with Crippen LogP contribution in [0.3, 0.4) is 0 Å². The van der Waals surface area contributed by atoms with E-state index < -0.39 is 15.6 Å². The molecule has 0 bridgehead atoms. The molecule has 0 aromatic heterocycles. The molecular weight excluding hydrogens is 469 g/mol. The molecule has 0 heterocycles. The first-order valence-electron chi connectivity index (χ1n) is 1.46. The van der Waals surface area contributed by atoms with Crippen molar-refractivity contribution in [2.45, 2.75) is 0 Å². The van der Waals surface area contributed by atoms with Gasteiger partial charge in [-0.2, -0.15) is 15.6 Å². The first-order chi connectivity index (χ1) is 4.00. The Morgan fingerprint density at radius 2 is 0.571 bits per heavy atom. The molecule has 72 valence electrons. The van der Waals surface area contributed by atoms with Crippen molar-refractivity contribution in [1.29, 1.82) is 0 Å². The largest absolute Gasteiger partial charge is 2.00 e. The topological polar surface area (TPSA) is 204 Å². The summed E-state index contributed by atoms with van der Waals surface area (Å²) < 4.78 is 17.1. The summed E-state index contributed by atoms with van der Waals surface area (Å²) in [5.41, 5.74) is 0. The molecule has 0 aliphatic carbocycles. The second-order valence-corrected chi connectivity index (χ2v) is 2.68. The summed E-state index contributed by atoms with van der Waals surface area (Å²) in [7, 11) is -10.8. The van der Waals surface area contributed by atoms with Crippen molar-refractivity contribution >= 4 is 152 Å². The summed E-state index contributed by atoms with van der Waals surface area (Å²) in [4.78, 5) is 51.3. The quantitative estimate of drug-likeness (QED) is 0.245. The van der Waals surface area contributed by atoms with Crippen molar-refractivity contribution in [3.8, 4) is 0 Å². The van der Waals surface area contributed by atoms with Gasteiger partial charge < -0.3 is 44.0 Å². The molecule has 0 aromatic rings. The molecule has 0 unspecified atom stereocenters. The molecule has 0 radical (unpaired) electrons. The molecule has 0 aliphatic heterocycles. The Hall–Kier alpha value is 4.62. The fourth-order valence-electron chi connectivity index (χ4n) is 0. The van der Waals surface area contributed by atoms with Gasteiger partial charge >= 0.3 is 136 Å². The molecule has 0 atom stereocenters. The third-order valence-electron chi connectivity index (χ3n) is 0.